The van der Waals surface area contributed by atoms with E-state index in [2.05, 4.69) is 10.1 Å². The molecule has 1 N–H and O–H groups in total. The molecule has 25 heavy (non-hydrogen) atoms. The van der Waals surface area contributed by atoms with E-state index in [1.807, 2.05) is 13.8 Å². The molecule has 1 aromatic heterocycles. The summed E-state index contributed by atoms with van der Waals surface area (Å²) in [6.07, 6.45) is 0. The number of aromatic nitrogens is 2. The molecule has 1 heterocycles. The number of rotatable bonds is 4. The van der Waals surface area contributed by atoms with E-state index in [0.717, 1.165) is 0 Å². The molecule has 1 aromatic carbocycles. The highest BCUT2D eigenvalue weighted by Gasteiger charge is 2.29. The maximum atomic E-state index is 13.9. The average Bonchev–Trinajstić information content (AvgIpc) is 2.83. The van der Waals surface area contributed by atoms with Crippen LogP contribution in [-0.4, -0.2) is 22.0 Å². The largest absolute Gasteiger partial charge is 0.294 e. The monoisotopic (exact) mass is 361 g/mol. The quantitative estimate of drug-likeness (QED) is 0.384. The third kappa shape index (κ3) is 3.22. The highest BCUT2D eigenvalue weighted by Crippen LogP contribution is 2.25. The second kappa shape index (κ2) is 6.81. The summed E-state index contributed by atoms with van der Waals surface area (Å²) in [6, 6.07) is 0. The van der Waals surface area contributed by atoms with Gasteiger partial charge in [0.15, 0.2) is 23.3 Å². The summed E-state index contributed by atoms with van der Waals surface area (Å²) in [5.74, 6) is -10.5. The molecule has 0 spiro atoms. The molecule has 0 saturated heterocycles. The van der Waals surface area contributed by atoms with Gasteiger partial charge in [0.2, 0.25) is 5.82 Å². The Morgan fingerprint density at radius 3 is 2.00 bits per heavy atom. The molecule has 0 bridgehead atoms. The van der Waals surface area contributed by atoms with Crippen molar-refractivity contribution in [2.45, 2.75) is 27.7 Å². The number of benzene rings is 1. The Labute approximate surface area is 140 Å². The van der Waals surface area contributed by atoms with Crippen molar-refractivity contribution in [3.8, 4) is 5.69 Å². The summed E-state index contributed by atoms with van der Waals surface area (Å²) in [4.78, 5) is 16.7. The van der Waals surface area contributed by atoms with Gasteiger partial charge in [0.1, 0.15) is 5.69 Å². The highest BCUT2D eigenvalue weighted by molar-refractivity contribution is 5.99. The Morgan fingerprint density at radius 1 is 1.04 bits per heavy atom. The molecule has 0 saturated carbocycles. The molecule has 0 aliphatic rings. The summed E-state index contributed by atoms with van der Waals surface area (Å²) in [6.45, 7) is 7.21. The van der Waals surface area contributed by atoms with Gasteiger partial charge in [-0.15, -0.1) is 0 Å². The Kier molecular flexibility index (Phi) is 5.15. The zero-order chi connectivity index (χ0) is 19.0. The molecule has 4 nitrogen and oxygen atoms in total. The predicted molar refractivity (Wildman–Crippen MR) is 82.8 cm³/mol. The minimum atomic E-state index is -2.29. The molecule has 0 aliphatic carbocycles. The summed E-state index contributed by atoms with van der Waals surface area (Å²) in [5, 5.41) is 2.34. The van der Waals surface area contributed by atoms with E-state index in [0.29, 0.717) is 16.9 Å². The molecular weight excluding hydrogens is 345 g/mol. The first-order valence-electron chi connectivity index (χ1n) is 7.42. The van der Waals surface area contributed by atoms with Gasteiger partial charge in [0.05, 0.1) is 5.56 Å². The maximum absolute atomic E-state index is 13.9. The lowest BCUT2D eigenvalue weighted by Gasteiger charge is -2.08. The van der Waals surface area contributed by atoms with Crippen molar-refractivity contribution < 1.29 is 22.0 Å². The van der Waals surface area contributed by atoms with Crippen molar-refractivity contribution >= 4 is 5.71 Å². The van der Waals surface area contributed by atoms with Gasteiger partial charge in [-0.1, -0.05) is 13.8 Å². The van der Waals surface area contributed by atoms with Crippen molar-refractivity contribution in [1.82, 2.24) is 9.78 Å². The first-order valence-corrected chi connectivity index (χ1v) is 7.42. The van der Waals surface area contributed by atoms with E-state index in [1.54, 1.807) is 0 Å². The van der Waals surface area contributed by atoms with Gasteiger partial charge < -0.3 is 0 Å². The predicted octanol–water partition coefficient (Wildman–Crippen LogP) is 3.63. The van der Waals surface area contributed by atoms with Gasteiger partial charge in [-0.05, 0) is 19.8 Å². The van der Waals surface area contributed by atoms with E-state index in [-0.39, 0.29) is 17.2 Å². The fourth-order valence-electron chi connectivity index (χ4n) is 2.32. The van der Waals surface area contributed by atoms with Crippen LogP contribution in [0.5, 0.6) is 0 Å². The second-order valence-corrected chi connectivity index (χ2v) is 5.99. The lowest BCUT2D eigenvalue weighted by atomic mass is 10.1. The Bertz CT molecular complexity index is 882. The third-order valence-electron chi connectivity index (χ3n) is 3.54. The summed E-state index contributed by atoms with van der Waals surface area (Å²) in [7, 11) is 0. The number of H-pyrrole nitrogens is 1. The molecule has 0 fully saturated rings. The number of aromatic amines is 1. The van der Waals surface area contributed by atoms with Crippen LogP contribution in [0.1, 0.15) is 32.0 Å². The van der Waals surface area contributed by atoms with E-state index >= 15 is 0 Å². The van der Waals surface area contributed by atoms with Crippen LogP contribution < -0.4 is 5.56 Å². The molecule has 0 radical (unpaired) electrons. The van der Waals surface area contributed by atoms with Crippen molar-refractivity contribution in [2.24, 2.45) is 10.9 Å². The lowest BCUT2D eigenvalue weighted by Crippen LogP contribution is -2.23. The first kappa shape index (κ1) is 18.9. The molecule has 0 amide bonds. The minimum Gasteiger partial charge on any atom is -0.294 e. The second-order valence-electron chi connectivity index (χ2n) is 5.99. The highest BCUT2D eigenvalue weighted by atomic mass is 19.2. The molecular formula is C16H16F5N3O. The topological polar surface area (TPSA) is 50.1 Å². The Hall–Kier alpha value is -2.45. The van der Waals surface area contributed by atoms with Crippen LogP contribution in [0.15, 0.2) is 9.79 Å². The lowest BCUT2D eigenvalue weighted by molar-refractivity contribution is 0.373. The summed E-state index contributed by atoms with van der Waals surface area (Å²) in [5.41, 5.74) is -1.79. The van der Waals surface area contributed by atoms with Gasteiger partial charge in [-0.2, -0.15) is 0 Å². The van der Waals surface area contributed by atoms with Gasteiger partial charge in [0.25, 0.3) is 5.56 Å². The van der Waals surface area contributed by atoms with E-state index in [1.165, 1.54) is 13.8 Å². The fraction of sp³-hybridized carbons (Fsp3) is 0.375. The standard InChI is InChI=1S/C16H16F5N3O/c1-6(2)5-22-7(3)9-8(4)23-24(16(9)25)15-13(20)11(18)10(17)12(19)14(15)21/h6,23H,5H2,1-4H3. The molecule has 9 heteroatoms. The number of aryl methyl sites for hydroxylation is 1. The maximum Gasteiger partial charge on any atom is 0.280 e. The van der Waals surface area contributed by atoms with Crippen LogP contribution >= 0.6 is 0 Å². The average molecular weight is 361 g/mol. The molecule has 2 aromatic rings. The number of nitrogens with one attached hydrogen (secondary N) is 1. The van der Waals surface area contributed by atoms with Gasteiger partial charge in [-0.25, -0.2) is 26.6 Å². The number of aliphatic imine (C=N–C) groups is 1. The van der Waals surface area contributed by atoms with Crippen LogP contribution in [0.25, 0.3) is 5.69 Å². The number of hydrogen-bond acceptors (Lipinski definition) is 2. The first-order chi connectivity index (χ1) is 11.6. The van der Waals surface area contributed by atoms with Crippen molar-refractivity contribution in [3.63, 3.8) is 0 Å². The van der Waals surface area contributed by atoms with Crippen LogP contribution in [0.4, 0.5) is 22.0 Å². The van der Waals surface area contributed by atoms with Crippen molar-refractivity contribution in [3.05, 3.63) is 50.7 Å². The van der Waals surface area contributed by atoms with E-state index in [9.17, 15) is 26.7 Å². The van der Waals surface area contributed by atoms with Crippen LogP contribution in [0.3, 0.4) is 0 Å². The van der Waals surface area contributed by atoms with Crippen molar-refractivity contribution in [2.75, 3.05) is 6.54 Å². The third-order valence-corrected chi connectivity index (χ3v) is 3.54. The van der Waals surface area contributed by atoms with E-state index < -0.39 is 40.3 Å². The Morgan fingerprint density at radius 2 is 1.52 bits per heavy atom. The van der Waals surface area contributed by atoms with Gasteiger partial charge in [0, 0.05) is 18.0 Å². The summed E-state index contributed by atoms with van der Waals surface area (Å²) >= 11 is 0. The summed E-state index contributed by atoms with van der Waals surface area (Å²) < 4.78 is 68.1. The van der Waals surface area contributed by atoms with Crippen molar-refractivity contribution in [1.29, 1.82) is 0 Å². The van der Waals surface area contributed by atoms with Crippen LogP contribution in [-0.2, 0) is 0 Å². The van der Waals surface area contributed by atoms with E-state index in [4.69, 9.17) is 0 Å². The Balaban J connectivity index is 2.71. The molecule has 136 valence electrons. The zero-order valence-corrected chi connectivity index (χ0v) is 14.0. The number of halogens is 5. The minimum absolute atomic E-state index is 0.0181. The van der Waals surface area contributed by atoms with Crippen LogP contribution in [0, 0.1) is 41.9 Å². The van der Waals surface area contributed by atoms with Crippen LogP contribution in [0.2, 0.25) is 0 Å². The molecule has 0 aliphatic heterocycles. The molecule has 2 rings (SSSR count). The normalized spacial score (nSPS) is 12.3. The van der Waals surface area contributed by atoms with Gasteiger partial charge in [-0.3, -0.25) is 14.9 Å². The molecule has 0 atom stereocenters. The number of hydrogen-bond donors (Lipinski definition) is 1. The van der Waals surface area contributed by atoms with Gasteiger partial charge >= 0.3 is 0 Å². The number of nitrogens with zero attached hydrogens (tertiary/aromatic N) is 2. The zero-order valence-electron chi connectivity index (χ0n) is 14.0. The molecule has 0 unspecified atom stereocenters. The smallest absolute Gasteiger partial charge is 0.280 e. The SMILES string of the molecule is CC(=NCC(C)C)c1c(C)[nH]n(-c2c(F)c(F)c(F)c(F)c2F)c1=O. The fourth-order valence-corrected chi connectivity index (χ4v) is 2.32.